The average molecular weight is 255 g/mol. The van der Waals surface area contributed by atoms with Crippen LogP contribution in [0.3, 0.4) is 0 Å². The summed E-state index contributed by atoms with van der Waals surface area (Å²) in [5, 5.41) is 0. The van der Waals surface area contributed by atoms with E-state index in [2.05, 4.69) is 44.1 Å². The number of rotatable bonds is 2. The molecule has 0 amide bonds. The van der Waals surface area contributed by atoms with Crippen LogP contribution in [0.25, 0.3) is 5.57 Å². The number of hydrogen-bond acceptors (Lipinski definition) is 3. The van der Waals surface area contributed by atoms with Gasteiger partial charge in [-0.25, -0.2) is 0 Å². The first-order chi connectivity index (χ1) is 9.06. The van der Waals surface area contributed by atoms with Gasteiger partial charge in [-0.2, -0.15) is 0 Å². The number of allylic oxidation sites excluding steroid dienone is 2. The van der Waals surface area contributed by atoms with Gasteiger partial charge in [-0.1, -0.05) is 30.3 Å². The van der Waals surface area contributed by atoms with E-state index in [-0.39, 0.29) is 6.04 Å². The van der Waals surface area contributed by atoms with Crippen molar-refractivity contribution in [1.29, 1.82) is 0 Å². The minimum absolute atomic E-state index is 0.229. The van der Waals surface area contributed by atoms with Gasteiger partial charge in [-0.05, 0) is 25.0 Å². The van der Waals surface area contributed by atoms with Crippen molar-refractivity contribution < 1.29 is 0 Å². The summed E-state index contributed by atoms with van der Waals surface area (Å²) in [4.78, 5) is 2.17. The highest BCUT2D eigenvalue weighted by molar-refractivity contribution is 5.81. The Bertz CT molecular complexity index is 553. The molecule has 19 heavy (non-hydrogen) atoms. The van der Waals surface area contributed by atoms with Crippen molar-refractivity contribution in [2.24, 2.45) is 11.5 Å². The van der Waals surface area contributed by atoms with Crippen molar-refractivity contribution in [2.75, 3.05) is 7.05 Å². The van der Waals surface area contributed by atoms with Crippen molar-refractivity contribution in [3.05, 3.63) is 65.1 Å². The lowest BCUT2D eigenvalue weighted by atomic mass is 9.88. The molecule has 1 aromatic carbocycles. The van der Waals surface area contributed by atoms with Crippen molar-refractivity contribution in [2.45, 2.75) is 19.9 Å². The third-order valence-corrected chi connectivity index (χ3v) is 3.74. The summed E-state index contributed by atoms with van der Waals surface area (Å²) in [5.41, 5.74) is 17.0. The quantitative estimate of drug-likeness (QED) is 0.853. The number of likely N-dealkylation sites (N-methyl/N-ethyl adjacent to an activating group) is 1. The molecule has 1 heterocycles. The van der Waals surface area contributed by atoms with Crippen LogP contribution in [0.5, 0.6) is 0 Å². The highest BCUT2D eigenvalue weighted by Crippen LogP contribution is 2.34. The molecule has 0 fully saturated rings. The van der Waals surface area contributed by atoms with Crippen LogP contribution in [0, 0.1) is 0 Å². The second kappa shape index (κ2) is 5.22. The standard InChI is InChI=1S/C16H21N3/c1-11-14(13-7-5-4-6-8-13)10-19(3)12(2)16(11)15(18)9-17/h4-10,12H,17-18H2,1-3H3/b15-9+. The maximum atomic E-state index is 6.06. The fourth-order valence-corrected chi connectivity index (χ4v) is 2.53. The van der Waals surface area contributed by atoms with Gasteiger partial charge in [0.05, 0.1) is 11.7 Å². The maximum Gasteiger partial charge on any atom is 0.0529 e. The molecule has 3 nitrogen and oxygen atoms in total. The fourth-order valence-electron chi connectivity index (χ4n) is 2.53. The number of benzene rings is 1. The third-order valence-electron chi connectivity index (χ3n) is 3.74. The Morgan fingerprint density at radius 3 is 2.47 bits per heavy atom. The van der Waals surface area contributed by atoms with Gasteiger partial charge in [0.25, 0.3) is 0 Å². The van der Waals surface area contributed by atoms with E-state index in [9.17, 15) is 0 Å². The van der Waals surface area contributed by atoms with Crippen LogP contribution in [-0.2, 0) is 0 Å². The first-order valence-corrected chi connectivity index (χ1v) is 6.44. The Hall–Kier alpha value is -2.16. The second-order valence-corrected chi connectivity index (χ2v) is 4.91. The second-order valence-electron chi connectivity index (χ2n) is 4.91. The Morgan fingerprint density at radius 1 is 1.26 bits per heavy atom. The molecule has 4 N–H and O–H groups in total. The van der Waals surface area contributed by atoms with Crippen molar-refractivity contribution in [3.8, 4) is 0 Å². The number of hydrogen-bond donors (Lipinski definition) is 2. The predicted molar refractivity (Wildman–Crippen MR) is 80.8 cm³/mol. The van der Waals surface area contributed by atoms with Crippen LogP contribution in [0.1, 0.15) is 19.4 Å². The molecular weight excluding hydrogens is 234 g/mol. The van der Waals surface area contributed by atoms with Crippen molar-refractivity contribution in [3.63, 3.8) is 0 Å². The summed E-state index contributed by atoms with van der Waals surface area (Å²) < 4.78 is 0. The summed E-state index contributed by atoms with van der Waals surface area (Å²) in [6, 6.07) is 10.6. The highest BCUT2D eigenvalue weighted by Gasteiger charge is 2.24. The van der Waals surface area contributed by atoms with E-state index in [1.165, 1.54) is 22.9 Å². The zero-order valence-corrected chi connectivity index (χ0v) is 11.7. The average Bonchev–Trinajstić information content (AvgIpc) is 2.43. The van der Waals surface area contributed by atoms with Gasteiger partial charge in [0, 0.05) is 30.6 Å². The lowest BCUT2D eigenvalue weighted by Gasteiger charge is -2.34. The van der Waals surface area contributed by atoms with Crippen molar-refractivity contribution >= 4 is 5.57 Å². The van der Waals surface area contributed by atoms with Crippen LogP contribution in [0.4, 0.5) is 0 Å². The molecule has 1 unspecified atom stereocenters. The summed E-state index contributed by atoms with van der Waals surface area (Å²) in [6.07, 6.45) is 3.65. The third kappa shape index (κ3) is 2.36. The van der Waals surface area contributed by atoms with Gasteiger partial charge >= 0.3 is 0 Å². The molecule has 0 bridgehead atoms. The van der Waals surface area contributed by atoms with Crippen molar-refractivity contribution in [1.82, 2.24) is 4.90 Å². The minimum Gasteiger partial charge on any atom is -0.403 e. The van der Waals surface area contributed by atoms with Gasteiger partial charge in [-0.15, -0.1) is 0 Å². The van der Waals surface area contributed by atoms with E-state index < -0.39 is 0 Å². The summed E-state index contributed by atoms with van der Waals surface area (Å²) in [7, 11) is 2.06. The molecule has 0 aliphatic carbocycles. The van der Waals surface area contributed by atoms with E-state index in [4.69, 9.17) is 11.5 Å². The number of nitrogens with two attached hydrogens (primary N) is 2. The van der Waals surface area contributed by atoms with Crippen LogP contribution in [0.2, 0.25) is 0 Å². The van der Waals surface area contributed by atoms with Gasteiger partial charge in [-0.3, -0.25) is 0 Å². The first kappa shape index (κ1) is 13.3. The predicted octanol–water partition coefficient (Wildman–Crippen LogP) is 2.44. The van der Waals surface area contributed by atoms with E-state index in [1.807, 2.05) is 18.2 Å². The largest absolute Gasteiger partial charge is 0.403 e. The number of nitrogens with zero attached hydrogens (tertiary/aromatic N) is 1. The fraction of sp³-hybridized carbons (Fsp3) is 0.250. The Kier molecular flexibility index (Phi) is 3.65. The summed E-state index contributed by atoms with van der Waals surface area (Å²) in [6.45, 7) is 4.24. The van der Waals surface area contributed by atoms with Crippen LogP contribution < -0.4 is 11.5 Å². The normalized spacial score (nSPS) is 20.6. The van der Waals surface area contributed by atoms with Crippen LogP contribution in [0.15, 0.2) is 59.6 Å². The van der Waals surface area contributed by atoms with Gasteiger partial charge < -0.3 is 16.4 Å². The smallest absolute Gasteiger partial charge is 0.0529 e. The molecule has 0 saturated heterocycles. The van der Waals surface area contributed by atoms with E-state index in [0.717, 1.165) is 5.57 Å². The van der Waals surface area contributed by atoms with Crippen LogP contribution in [-0.4, -0.2) is 18.0 Å². The van der Waals surface area contributed by atoms with Gasteiger partial charge in [0.1, 0.15) is 0 Å². The Morgan fingerprint density at radius 2 is 1.89 bits per heavy atom. The first-order valence-electron chi connectivity index (χ1n) is 6.44. The molecule has 1 aliphatic rings. The van der Waals surface area contributed by atoms with E-state index in [0.29, 0.717) is 5.70 Å². The molecule has 3 heteroatoms. The Labute approximate surface area is 114 Å². The molecule has 1 atom stereocenters. The SMILES string of the molecule is CC1=C(/C(N)=C\N)C(C)N(C)C=C1c1ccccc1. The molecule has 2 rings (SSSR count). The minimum atomic E-state index is 0.229. The van der Waals surface area contributed by atoms with Gasteiger partial charge in [0.2, 0.25) is 0 Å². The maximum absolute atomic E-state index is 6.06. The molecule has 1 aliphatic heterocycles. The lowest BCUT2D eigenvalue weighted by molar-refractivity contribution is 0.389. The topological polar surface area (TPSA) is 55.3 Å². The molecular formula is C16H21N3. The molecule has 0 saturated carbocycles. The summed E-state index contributed by atoms with van der Waals surface area (Å²) >= 11 is 0. The van der Waals surface area contributed by atoms with E-state index in [1.54, 1.807) is 0 Å². The lowest BCUT2D eigenvalue weighted by Crippen LogP contribution is -2.32. The molecule has 0 spiro atoms. The monoisotopic (exact) mass is 255 g/mol. The molecule has 0 radical (unpaired) electrons. The zero-order valence-electron chi connectivity index (χ0n) is 11.7. The Balaban J connectivity index is 2.56. The van der Waals surface area contributed by atoms with E-state index >= 15 is 0 Å². The van der Waals surface area contributed by atoms with Gasteiger partial charge in [0.15, 0.2) is 0 Å². The molecule has 100 valence electrons. The summed E-state index contributed by atoms with van der Waals surface area (Å²) in [5.74, 6) is 0. The molecule has 1 aromatic rings. The zero-order chi connectivity index (χ0) is 14.0. The highest BCUT2D eigenvalue weighted by atomic mass is 15.1. The van der Waals surface area contributed by atoms with Crippen LogP contribution >= 0.6 is 0 Å². The molecule has 0 aromatic heterocycles.